The van der Waals surface area contributed by atoms with Gasteiger partial charge in [0.2, 0.25) is 0 Å². The minimum atomic E-state index is -0.571. The molecular weight excluding hydrogens is 509 g/mol. The molecular formula is C29H23Cl2N3O3. The Kier molecular flexibility index (Phi) is 7.04. The van der Waals surface area contributed by atoms with Crippen molar-refractivity contribution in [3.8, 4) is 22.8 Å². The summed E-state index contributed by atoms with van der Waals surface area (Å²) in [4.78, 5) is 17.6. The number of nitrogens with zero attached hydrogens (tertiary/aromatic N) is 2. The molecule has 0 atom stereocenters. The fourth-order valence-electron chi connectivity index (χ4n) is 3.98. The number of ether oxygens (including phenoxy) is 2. The number of hydrogen-bond donors (Lipinski definition) is 1. The minimum absolute atomic E-state index is 0.274. The number of aryl methyl sites for hydroxylation is 1. The molecule has 0 aliphatic carbocycles. The number of anilines is 1. The Morgan fingerprint density at radius 2 is 1.76 bits per heavy atom. The van der Waals surface area contributed by atoms with Gasteiger partial charge in [0, 0.05) is 18.3 Å². The van der Waals surface area contributed by atoms with Crippen molar-refractivity contribution in [3.05, 3.63) is 112 Å². The van der Waals surface area contributed by atoms with Crippen LogP contribution in [0.3, 0.4) is 0 Å². The molecule has 8 heteroatoms. The van der Waals surface area contributed by atoms with Gasteiger partial charge in [0.05, 0.1) is 22.7 Å². The summed E-state index contributed by atoms with van der Waals surface area (Å²) in [6.45, 7) is 2.66. The van der Waals surface area contributed by atoms with Crippen LogP contribution in [0.4, 0.5) is 5.82 Å². The summed E-state index contributed by atoms with van der Waals surface area (Å²) in [6, 6.07) is 24.2. The molecule has 3 aromatic carbocycles. The molecule has 0 bridgehead atoms. The standard InChI is InChI=1S/C29H23Cl2N3O3/c1-18-12-13-34-26(14-18)33-27(28(34)32-17-19-6-4-3-5-7-19)20-9-11-24(25(16-20)36-2)37-29(35)21-8-10-22(30)23(31)15-21/h3-16,32H,17H2,1-2H3. The molecule has 0 unspecified atom stereocenters. The van der Waals surface area contributed by atoms with Gasteiger partial charge in [0.1, 0.15) is 17.2 Å². The molecule has 0 spiro atoms. The van der Waals surface area contributed by atoms with Crippen LogP contribution in [-0.4, -0.2) is 22.5 Å². The van der Waals surface area contributed by atoms with Gasteiger partial charge >= 0.3 is 5.97 Å². The number of halogens is 2. The summed E-state index contributed by atoms with van der Waals surface area (Å²) in [5, 5.41) is 4.17. The minimum Gasteiger partial charge on any atom is -0.493 e. The van der Waals surface area contributed by atoms with E-state index in [1.165, 1.54) is 13.2 Å². The number of carbonyl (C=O) groups is 1. The van der Waals surface area contributed by atoms with Gasteiger partial charge in [-0.15, -0.1) is 0 Å². The Labute approximate surface area is 224 Å². The van der Waals surface area contributed by atoms with Crippen LogP contribution in [0.5, 0.6) is 11.5 Å². The van der Waals surface area contributed by atoms with Crippen molar-refractivity contribution in [2.45, 2.75) is 13.5 Å². The second-order valence-electron chi connectivity index (χ2n) is 8.46. The average molecular weight is 532 g/mol. The zero-order valence-corrected chi connectivity index (χ0v) is 21.7. The van der Waals surface area contributed by atoms with E-state index in [0.29, 0.717) is 17.3 Å². The fourth-order valence-corrected chi connectivity index (χ4v) is 4.28. The van der Waals surface area contributed by atoms with Gasteiger partial charge in [-0.2, -0.15) is 0 Å². The van der Waals surface area contributed by atoms with Crippen LogP contribution in [0.25, 0.3) is 16.9 Å². The summed E-state index contributed by atoms with van der Waals surface area (Å²) in [5.41, 5.74) is 4.92. The summed E-state index contributed by atoms with van der Waals surface area (Å²) >= 11 is 12.0. The predicted molar refractivity (Wildman–Crippen MR) is 147 cm³/mol. The van der Waals surface area contributed by atoms with Crippen LogP contribution >= 0.6 is 23.2 Å². The average Bonchev–Trinajstić information content (AvgIpc) is 3.27. The summed E-state index contributed by atoms with van der Waals surface area (Å²) in [6.07, 6.45) is 2.00. The number of rotatable bonds is 7. The number of hydrogen-bond acceptors (Lipinski definition) is 5. The molecule has 2 aromatic heterocycles. The van der Waals surface area contributed by atoms with Crippen molar-refractivity contribution in [2.75, 3.05) is 12.4 Å². The smallest absolute Gasteiger partial charge is 0.343 e. The van der Waals surface area contributed by atoms with Crippen molar-refractivity contribution in [2.24, 2.45) is 0 Å². The van der Waals surface area contributed by atoms with Gasteiger partial charge in [-0.1, -0.05) is 53.5 Å². The molecule has 0 saturated heterocycles. The van der Waals surface area contributed by atoms with E-state index in [2.05, 4.69) is 17.4 Å². The van der Waals surface area contributed by atoms with Crippen molar-refractivity contribution >= 4 is 40.6 Å². The highest BCUT2D eigenvalue weighted by molar-refractivity contribution is 6.42. The highest BCUT2D eigenvalue weighted by Gasteiger charge is 2.19. The lowest BCUT2D eigenvalue weighted by molar-refractivity contribution is 0.0729. The first-order chi connectivity index (χ1) is 17.9. The Bertz CT molecular complexity index is 1600. The number of carbonyl (C=O) groups excluding carboxylic acids is 1. The number of pyridine rings is 1. The third-order valence-corrected chi connectivity index (χ3v) is 6.62. The second kappa shape index (κ2) is 10.5. The number of benzene rings is 3. The molecule has 0 aliphatic heterocycles. The van der Waals surface area contributed by atoms with Gasteiger partial charge in [0.25, 0.3) is 0 Å². The Balaban J connectivity index is 1.49. The number of aromatic nitrogens is 2. The number of imidazole rings is 1. The van der Waals surface area contributed by atoms with E-state index >= 15 is 0 Å². The number of fused-ring (bicyclic) bond motifs is 1. The second-order valence-corrected chi connectivity index (χ2v) is 9.28. The van der Waals surface area contributed by atoms with Gasteiger partial charge in [0.15, 0.2) is 11.5 Å². The number of nitrogens with one attached hydrogen (secondary N) is 1. The van der Waals surface area contributed by atoms with Crippen LogP contribution in [-0.2, 0) is 6.54 Å². The van der Waals surface area contributed by atoms with E-state index in [4.69, 9.17) is 37.7 Å². The molecule has 5 rings (SSSR count). The lowest BCUT2D eigenvalue weighted by Gasteiger charge is -2.12. The maximum Gasteiger partial charge on any atom is 0.343 e. The summed E-state index contributed by atoms with van der Waals surface area (Å²) in [7, 11) is 1.53. The van der Waals surface area contributed by atoms with E-state index in [1.807, 2.05) is 53.9 Å². The summed E-state index contributed by atoms with van der Waals surface area (Å²) in [5.74, 6) is 0.952. The van der Waals surface area contributed by atoms with E-state index in [1.54, 1.807) is 24.3 Å². The zero-order valence-electron chi connectivity index (χ0n) is 20.2. The van der Waals surface area contributed by atoms with E-state index < -0.39 is 5.97 Å². The van der Waals surface area contributed by atoms with Crippen LogP contribution in [0.1, 0.15) is 21.5 Å². The molecule has 5 aromatic rings. The molecule has 1 N–H and O–H groups in total. The van der Waals surface area contributed by atoms with Gasteiger partial charge < -0.3 is 14.8 Å². The van der Waals surface area contributed by atoms with Crippen LogP contribution in [0.15, 0.2) is 85.1 Å². The number of methoxy groups -OCH3 is 1. The Morgan fingerprint density at radius 3 is 2.51 bits per heavy atom. The maximum atomic E-state index is 12.7. The van der Waals surface area contributed by atoms with Gasteiger partial charge in [-0.3, -0.25) is 4.40 Å². The molecule has 2 heterocycles. The zero-order chi connectivity index (χ0) is 25.9. The van der Waals surface area contributed by atoms with Gasteiger partial charge in [-0.25, -0.2) is 9.78 Å². The highest BCUT2D eigenvalue weighted by Crippen LogP contribution is 2.36. The largest absolute Gasteiger partial charge is 0.493 e. The van der Waals surface area contributed by atoms with Crippen LogP contribution in [0.2, 0.25) is 10.0 Å². The first kappa shape index (κ1) is 24.7. The molecule has 37 heavy (non-hydrogen) atoms. The number of esters is 1. The Morgan fingerprint density at radius 1 is 0.946 bits per heavy atom. The molecule has 0 fully saturated rings. The quantitative estimate of drug-likeness (QED) is 0.174. The molecule has 0 radical (unpaired) electrons. The molecule has 6 nitrogen and oxygen atoms in total. The highest BCUT2D eigenvalue weighted by atomic mass is 35.5. The SMILES string of the molecule is COc1cc(-c2nc3cc(C)ccn3c2NCc2ccccc2)ccc1OC(=O)c1ccc(Cl)c(Cl)c1. The van der Waals surface area contributed by atoms with E-state index in [0.717, 1.165) is 33.8 Å². The first-order valence-corrected chi connectivity index (χ1v) is 12.3. The third kappa shape index (κ3) is 5.26. The van der Waals surface area contributed by atoms with Crippen molar-refractivity contribution in [3.63, 3.8) is 0 Å². The Hall–Kier alpha value is -4.00. The topological polar surface area (TPSA) is 64.9 Å². The first-order valence-electron chi connectivity index (χ1n) is 11.5. The monoisotopic (exact) mass is 531 g/mol. The van der Waals surface area contributed by atoms with Crippen molar-refractivity contribution in [1.29, 1.82) is 0 Å². The molecule has 186 valence electrons. The van der Waals surface area contributed by atoms with Crippen molar-refractivity contribution < 1.29 is 14.3 Å². The van der Waals surface area contributed by atoms with E-state index in [9.17, 15) is 4.79 Å². The van der Waals surface area contributed by atoms with E-state index in [-0.39, 0.29) is 16.3 Å². The molecule has 0 aliphatic rings. The maximum absolute atomic E-state index is 12.7. The van der Waals surface area contributed by atoms with Crippen molar-refractivity contribution in [1.82, 2.24) is 9.38 Å². The fraction of sp³-hybridized carbons (Fsp3) is 0.103. The lowest BCUT2D eigenvalue weighted by Crippen LogP contribution is -2.09. The van der Waals surface area contributed by atoms with Crippen LogP contribution in [0, 0.1) is 6.92 Å². The predicted octanol–water partition coefficient (Wildman–Crippen LogP) is 7.46. The molecule has 0 amide bonds. The molecule has 0 saturated carbocycles. The normalized spacial score (nSPS) is 10.9. The third-order valence-electron chi connectivity index (χ3n) is 5.88. The summed E-state index contributed by atoms with van der Waals surface area (Å²) < 4.78 is 13.2. The van der Waals surface area contributed by atoms with Gasteiger partial charge in [-0.05, 0) is 66.6 Å². The lowest BCUT2D eigenvalue weighted by atomic mass is 10.1. The van der Waals surface area contributed by atoms with Crippen LogP contribution < -0.4 is 14.8 Å².